The molecule has 3 aromatic heterocycles. The van der Waals surface area contributed by atoms with Gasteiger partial charge in [-0.2, -0.15) is 0 Å². The number of rotatable bonds is 3. The molecule has 0 aliphatic heterocycles. The molecular weight excluding hydrogens is 426 g/mol. The van der Waals surface area contributed by atoms with E-state index in [1.807, 2.05) is 6.08 Å². The zero-order valence-electron chi connectivity index (χ0n) is 19.6. The van der Waals surface area contributed by atoms with Crippen molar-refractivity contribution in [3.63, 3.8) is 0 Å². The number of aromatic amines is 3. The molecule has 7 aromatic rings. The highest BCUT2D eigenvalue weighted by Gasteiger charge is 2.11. The topological polar surface area (TPSA) is 47.4 Å². The van der Waals surface area contributed by atoms with Gasteiger partial charge in [0.15, 0.2) is 0 Å². The molecule has 0 radical (unpaired) electrons. The number of allylic oxidation sites excluding steroid dienone is 1. The summed E-state index contributed by atoms with van der Waals surface area (Å²) in [6.07, 6.45) is 7.10. The predicted octanol–water partition coefficient (Wildman–Crippen LogP) is 6.74. The van der Waals surface area contributed by atoms with Crippen molar-refractivity contribution in [2.75, 3.05) is 0 Å². The van der Waals surface area contributed by atoms with Gasteiger partial charge in [0.1, 0.15) is 0 Å². The lowest BCUT2D eigenvalue weighted by atomic mass is 10.0. The zero-order valence-corrected chi connectivity index (χ0v) is 19.6. The Labute approximate surface area is 202 Å². The minimum Gasteiger partial charge on any atom is -0.355 e. The summed E-state index contributed by atoms with van der Waals surface area (Å²) < 4.78 is 0. The van der Waals surface area contributed by atoms with Crippen LogP contribution in [-0.2, 0) is 6.42 Å². The Bertz CT molecular complexity index is 2060. The highest BCUT2D eigenvalue weighted by molar-refractivity contribution is 6.17. The second kappa shape index (κ2) is 7.51. The normalized spacial score (nSPS) is 13.3. The van der Waals surface area contributed by atoms with Crippen LogP contribution in [0.15, 0.2) is 85.5 Å². The average Bonchev–Trinajstić information content (AvgIpc) is 3.52. The maximum atomic E-state index is 3.91. The van der Waals surface area contributed by atoms with Gasteiger partial charge < -0.3 is 15.0 Å². The summed E-state index contributed by atoms with van der Waals surface area (Å²) >= 11 is 0. The molecule has 0 bridgehead atoms. The average molecular weight is 452 g/mol. The molecule has 3 nitrogen and oxygen atoms in total. The molecule has 0 saturated heterocycles. The third kappa shape index (κ3) is 3.05. The molecule has 0 aliphatic carbocycles. The Morgan fingerprint density at radius 3 is 2.03 bits per heavy atom. The maximum Gasteiger partial charge on any atom is 0.0472 e. The molecule has 4 aromatic carbocycles. The van der Waals surface area contributed by atoms with E-state index in [0.29, 0.717) is 0 Å². The summed E-state index contributed by atoms with van der Waals surface area (Å²) in [5.41, 5.74) is 8.49. The summed E-state index contributed by atoms with van der Waals surface area (Å²) in [6.45, 7) is 6.13. The van der Waals surface area contributed by atoms with Gasteiger partial charge in [0, 0.05) is 65.1 Å². The van der Waals surface area contributed by atoms with Gasteiger partial charge in [-0.05, 0) is 60.9 Å². The molecule has 0 saturated carbocycles. The highest BCUT2D eigenvalue weighted by atomic mass is 14.7. The van der Waals surface area contributed by atoms with Gasteiger partial charge in [-0.1, -0.05) is 61.2 Å². The van der Waals surface area contributed by atoms with Crippen LogP contribution in [0.5, 0.6) is 0 Å². The molecule has 3 heterocycles. The van der Waals surface area contributed by atoms with Crippen molar-refractivity contribution in [3.8, 4) is 0 Å². The molecule has 0 fully saturated rings. The van der Waals surface area contributed by atoms with E-state index >= 15 is 0 Å². The van der Waals surface area contributed by atoms with Crippen LogP contribution in [0.1, 0.15) is 11.1 Å². The maximum absolute atomic E-state index is 3.91. The van der Waals surface area contributed by atoms with Crippen molar-refractivity contribution < 1.29 is 0 Å². The fraction of sp³-hybridized carbons (Fsp3) is 0.0625. The van der Waals surface area contributed by atoms with Gasteiger partial charge in [0.05, 0.1) is 0 Å². The molecule has 0 spiro atoms. The van der Waals surface area contributed by atoms with Crippen molar-refractivity contribution in [1.29, 1.82) is 0 Å². The molecular formula is C32H25N3. The van der Waals surface area contributed by atoms with Gasteiger partial charge >= 0.3 is 0 Å². The van der Waals surface area contributed by atoms with Gasteiger partial charge in [-0.3, -0.25) is 0 Å². The van der Waals surface area contributed by atoms with E-state index in [1.54, 1.807) is 0 Å². The summed E-state index contributed by atoms with van der Waals surface area (Å²) in [7, 11) is 0. The lowest BCUT2D eigenvalue weighted by molar-refractivity contribution is 1.24. The molecule has 0 atom stereocenters. The Hall–Kier alpha value is -4.50. The van der Waals surface area contributed by atoms with Gasteiger partial charge in [0.2, 0.25) is 0 Å². The van der Waals surface area contributed by atoms with E-state index in [9.17, 15) is 0 Å². The van der Waals surface area contributed by atoms with E-state index in [0.717, 1.165) is 17.3 Å². The summed E-state index contributed by atoms with van der Waals surface area (Å²) in [4.78, 5) is 10.9. The molecule has 7 rings (SSSR count). The Balaban J connectivity index is 1.37. The first kappa shape index (κ1) is 19.9. The number of fused-ring (bicyclic) bond motifs is 7. The number of nitrogens with one attached hydrogen (secondary N) is 3. The van der Waals surface area contributed by atoms with Crippen LogP contribution >= 0.6 is 0 Å². The van der Waals surface area contributed by atoms with Crippen LogP contribution in [0.4, 0.5) is 0 Å². The van der Waals surface area contributed by atoms with Crippen molar-refractivity contribution in [2.45, 2.75) is 13.3 Å². The van der Waals surface area contributed by atoms with Crippen LogP contribution in [-0.4, -0.2) is 15.0 Å². The predicted molar refractivity (Wildman–Crippen MR) is 150 cm³/mol. The number of H-pyrrole nitrogens is 3. The molecule has 3 heteroatoms. The number of aromatic nitrogens is 3. The van der Waals surface area contributed by atoms with E-state index in [4.69, 9.17) is 0 Å². The molecule has 0 amide bonds. The van der Waals surface area contributed by atoms with E-state index in [1.165, 1.54) is 65.3 Å². The van der Waals surface area contributed by atoms with Crippen molar-refractivity contribution in [3.05, 3.63) is 107 Å². The second-order valence-electron chi connectivity index (χ2n) is 9.37. The van der Waals surface area contributed by atoms with Gasteiger partial charge in [-0.15, -0.1) is 0 Å². The van der Waals surface area contributed by atoms with E-state index < -0.39 is 0 Å². The largest absolute Gasteiger partial charge is 0.355 e. The SMILES string of the molecule is C=C/C=c1\c(=C/Cc2cc3[nH]c4cc5c(cc4c3cc2C)[nH]c2ccccc25)[nH]c2ccccc12. The summed E-state index contributed by atoms with van der Waals surface area (Å²) in [5.74, 6) is 0. The lowest BCUT2D eigenvalue weighted by Gasteiger charge is -2.03. The number of hydrogen-bond acceptors (Lipinski definition) is 0. The Morgan fingerprint density at radius 2 is 1.26 bits per heavy atom. The van der Waals surface area contributed by atoms with E-state index in [2.05, 4.69) is 113 Å². The van der Waals surface area contributed by atoms with Crippen LogP contribution in [0.25, 0.3) is 66.7 Å². The fourth-order valence-corrected chi connectivity index (χ4v) is 5.52. The van der Waals surface area contributed by atoms with Crippen molar-refractivity contribution in [2.24, 2.45) is 0 Å². The van der Waals surface area contributed by atoms with Crippen molar-refractivity contribution >= 4 is 66.7 Å². The smallest absolute Gasteiger partial charge is 0.0472 e. The van der Waals surface area contributed by atoms with Gasteiger partial charge in [0.25, 0.3) is 0 Å². The number of hydrogen-bond donors (Lipinski definition) is 3. The minimum atomic E-state index is 0.855. The number of para-hydroxylation sites is 2. The third-order valence-electron chi connectivity index (χ3n) is 7.27. The Morgan fingerprint density at radius 1 is 0.657 bits per heavy atom. The minimum absolute atomic E-state index is 0.855. The summed E-state index contributed by atoms with van der Waals surface area (Å²) in [6, 6.07) is 26.1. The highest BCUT2D eigenvalue weighted by Crippen LogP contribution is 2.34. The Kier molecular flexibility index (Phi) is 4.27. The van der Waals surface area contributed by atoms with Crippen LogP contribution in [0, 0.1) is 6.92 Å². The first-order valence-electron chi connectivity index (χ1n) is 12.0. The quantitative estimate of drug-likeness (QED) is 0.267. The monoisotopic (exact) mass is 451 g/mol. The summed E-state index contributed by atoms with van der Waals surface area (Å²) in [5, 5.41) is 8.62. The molecule has 35 heavy (non-hydrogen) atoms. The zero-order chi connectivity index (χ0) is 23.5. The first-order valence-corrected chi connectivity index (χ1v) is 12.0. The standard InChI is InChI=1S/C32H25N3/c1-3-8-21-22-9-4-6-11-27(22)33-29(21)14-13-20-16-30-24(15-19(20)2)26-18-31-25(17-32(26)35-30)23-10-5-7-12-28(23)34-31/h3-12,14-18,33-35H,1,13H2,2H3/b21-8-,29-14+. The van der Waals surface area contributed by atoms with E-state index in [-0.39, 0.29) is 0 Å². The van der Waals surface area contributed by atoms with Crippen LogP contribution in [0.3, 0.4) is 0 Å². The van der Waals surface area contributed by atoms with Gasteiger partial charge in [-0.25, -0.2) is 0 Å². The molecule has 3 N–H and O–H groups in total. The number of aryl methyl sites for hydroxylation is 1. The lowest BCUT2D eigenvalue weighted by Crippen LogP contribution is -2.22. The third-order valence-corrected chi connectivity index (χ3v) is 7.27. The molecule has 0 aliphatic rings. The van der Waals surface area contributed by atoms with Crippen molar-refractivity contribution in [1.82, 2.24) is 15.0 Å². The molecule has 168 valence electrons. The first-order chi connectivity index (χ1) is 17.2. The van der Waals surface area contributed by atoms with Crippen LogP contribution < -0.4 is 10.6 Å². The van der Waals surface area contributed by atoms with Crippen LogP contribution in [0.2, 0.25) is 0 Å². The fourth-order valence-electron chi connectivity index (χ4n) is 5.52. The second-order valence-corrected chi connectivity index (χ2v) is 9.37. The molecule has 0 unspecified atom stereocenters. The number of benzene rings is 4.